The number of nitrogens with two attached hydrogens (primary N) is 1. The number of aromatic amines is 1. The van der Waals surface area contributed by atoms with Gasteiger partial charge >= 0.3 is 0 Å². The number of hydrogen-bond acceptors (Lipinski definition) is 3. The molecule has 0 saturated carbocycles. The van der Waals surface area contributed by atoms with Gasteiger partial charge in [-0.3, -0.25) is 4.90 Å². The Bertz CT molecular complexity index is 519. The van der Waals surface area contributed by atoms with Gasteiger partial charge in [-0.05, 0) is 49.5 Å². The molecular weight excluding hydrogens is 224 g/mol. The Hall–Kier alpha value is -1.39. The Labute approximate surface area is 107 Å². The number of H-pyrrole nitrogens is 1. The second-order valence-electron chi connectivity index (χ2n) is 5.19. The number of nitrogens with zero attached hydrogens (tertiary/aromatic N) is 2. The van der Waals surface area contributed by atoms with Crippen LogP contribution in [0.2, 0.25) is 0 Å². The van der Waals surface area contributed by atoms with Crippen molar-refractivity contribution in [2.24, 2.45) is 11.7 Å². The van der Waals surface area contributed by atoms with E-state index in [0.717, 1.165) is 25.3 Å². The number of nitrogens with one attached hydrogen (secondary N) is 1. The summed E-state index contributed by atoms with van der Waals surface area (Å²) in [5, 5.41) is 1.24. The van der Waals surface area contributed by atoms with Crippen LogP contribution < -0.4 is 5.73 Å². The van der Waals surface area contributed by atoms with E-state index in [2.05, 4.69) is 27.1 Å². The van der Waals surface area contributed by atoms with E-state index in [4.69, 9.17) is 5.73 Å². The molecule has 1 saturated heterocycles. The molecule has 0 spiro atoms. The van der Waals surface area contributed by atoms with Gasteiger partial charge in [0.25, 0.3) is 0 Å². The summed E-state index contributed by atoms with van der Waals surface area (Å²) in [7, 11) is 0. The summed E-state index contributed by atoms with van der Waals surface area (Å²) in [5.74, 6) is 0.669. The lowest BCUT2D eigenvalue weighted by Crippen LogP contribution is -2.37. The van der Waals surface area contributed by atoms with Gasteiger partial charge in [0, 0.05) is 30.9 Å². The van der Waals surface area contributed by atoms with Crippen LogP contribution in [0.4, 0.5) is 0 Å². The fourth-order valence-electron chi connectivity index (χ4n) is 2.87. The molecule has 1 atom stereocenters. The highest BCUT2D eigenvalue weighted by Crippen LogP contribution is 2.21. The second kappa shape index (κ2) is 5.08. The molecule has 2 aromatic heterocycles. The lowest BCUT2D eigenvalue weighted by Gasteiger charge is -2.31. The predicted octanol–water partition coefficient (Wildman–Crippen LogP) is 1.73. The number of hydrogen-bond donors (Lipinski definition) is 2. The third-order valence-electron chi connectivity index (χ3n) is 3.87. The minimum Gasteiger partial charge on any atom is -0.346 e. The van der Waals surface area contributed by atoms with E-state index < -0.39 is 0 Å². The summed E-state index contributed by atoms with van der Waals surface area (Å²) in [6, 6.07) is 4.14. The van der Waals surface area contributed by atoms with Gasteiger partial charge in [0.05, 0.1) is 0 Å². The highest BCUT2D eigenvalue weighted by atomic mass is 15.1. The van der Waals surface area contributed by atoms with Crippen molar-refractivity contribution in [3.05, 3.63) is 30.1 Å². The minimum atomic E-state index is 0.669. The summed E-state index contributed by atoms with van der Waals surface area (Å²) < 4.78 is 0. The molecule has 0 aliphatic carbocycles. The van der Waals surface area contributed by atoms with Crippen molar-refractivity contribution in [2.45, 2.75) is 19.4 Å². The molecular formula is C14H20N4. The molecule has 0 bridgehead atoms. The molecule has 1 aliphatic rings. The second-order valence-corrected chi connectivity index (χ2v) is 5.19. The largest absolute Gasteiger partial charge is 0.346 e. The monoisotopic (exact) mass is 244 g/mol. The normalized spacial score (nSPS) is 21.5. The van der Waals surface area contributed by atoms with Crippen LogP contribution in [0.5, 0.6) is 0 Å². The molecule has 1 unspecified atom stereocenters. The molecule has 18 heavy (non-hydrogen) atoms. The standard InChI is InChI=1S/C14H20N4/c15-7-11-3-2-6-18(9-11)10-12-8-17-14-13(12)4-1-5-16-14/h1,4-5,8,11H,2-3,6-7,9-10,15H2,(H,16,17). The summed E-state index contributed by atoms with van der Waals surface area (Å²) in [6.07, 6.45) is 6.46. The van der Waals surface area contributed by atoms with Gasteiger partial charge in [0.2, 0.25) is 0 Å². The molecule has 3 N–H and O–H groups in total. The molecule has 4 nitrogen and oxygen atoms in total. The first-order chi connectivity index (χ1) is 8.86. The van der Waals surface area contributed by atoms with Crippen molar-refractivity contribution < 1.29 is 0 Å². The van der Waals surface area contributed by atoms with Crippen LogP contribution in [0.1, 0.15) is 18.4 Å². The summed E-state index contributed by atoms with van der Waals surface area (Å²) in [4.78, 5) is 10.1. The average molecular weight is 244 g/mol. The predicted molar refractivity (Wildman–Crippen MR) is 73.1 cm³/mol. The van der Waals surface area contributed by atoms with Crippen LogP contribution in [-0.4, -0.2) is 34.5 Å². The topological polar surface area (TPSA) is 57.9 Å². The van der Waals surface area contributed by atoms with Crippen molar-refractivity contribution >= 4 is 11.0 Å². The third kappa shape index (κ3) is 2.26. The van der Waals surface area contributed by atoms with Crippen LogP contribution in [0.3, 0.4) is 0 Å². The average Bonchev–Trinajstić information content (AvgIpc) is 2.83. The molecule has 3 heterocycles. The first-order valence-corrected chi connectivity index (χ1v) is 6.70. The van der Waals surface area contributed by atoms with E-state index in [1.54, 1.807) is 0 Å². The van der Waals surface area contributed by atoms with E-state index in [9.17, 15) is 0 Å². The lowest BCUT2D eigenvalue weighted by molar-refractivity contribution is 0.171. The van der Waals surface area contributed by atoms with Gasteiger partial charge in [-0.2, -0.15) is 0 Å². The van der Waals surface area contributed by atoms with Crippen molar-refractivity contribution in [1.82, 2.24) is 14.9 Å². The number of likely N-dealkylation sites (tertiary alicyclic amines) is 1. The zero-order valence-corrected chi connectivity index (χ0v) is 10.6. The van der Waals surface area contributed by atoms with Crippen molar-refractivity contribution in [3.8, 4) is 0 Å². The molecule has 2 aromatic rings. The van der Waals surface area contributed by atoms with Crippen LogP contribution in [0.25, 0.3) is 11.0 Å². The first kappa shape index (κ1) is 11.7. The minimum absolute atomic E-state index is 0.669. The maximum absolute atomic E-state index is 5.79. The quantitative estimate of drug-likeness (QED) is 0.864. The molecule has 96 valence electrons. The highest BCUT2D eigenvalue weighted by molar-refractivity contribution is 5.79. The van der Waals surface area contributed by atoms with Crippen LogP contribution in [0, 0.1) is 5.92 Å². The maximum atomic E-state index is 5.79. The molecule has 0 amide bonds. The van der Waals surface area contributed by atoms with Gasteiger partial charge in [-0.15, -0.1) is 0 Å². The third-order valence-corrected chi connectivity index (χ3v) is 3.87. The van der Waals surface area contributed by atoms with Gasteiger partial charge in [-0.25, -0.2) is 4.98 Å². The van der Waals surface area contributed by atoms with Gasteiger partial charge in [0.1, 0.15) is 5.65 Å². The van der Waals surface area contributed by atoms with Crippen molar-refractivity contribution in [1.29, 1.82) is 0 Å². The molecule has 1 aliphatic heterocycles. The highest BCUT2D eigenvalue weighted by Gasteiger charge is 2.19. The first-order valence-electron chi connectivity index (χ1n) is 6.70. The van der Waals surface area contributed by atoms with E-state index in [-0.39, 0.29) is 0 Å². The Morgan fingerprint density at radius 2 is 2.44 bits per heavy atom. The van der Waals surface area contributed by atoms with Crippen molar-refractivity contribution in [2.75, 3.05) is 19.6 Å². The molecule has 4 heteroatoms. The number of fused-ring (bicyclic) bond motifs is 1. The number of piperidine rings is 1. The fourth-order valence-corrected chi connectivity index (χ4v) is 2.87. The smallest absolute Gasteiger partial charge is 0.137 e. The van der Waals surface area contributed by atoms with Gasteiger partial charge < -0.3 is 10.7 Å². The number of rotatable bonds is 3. The zero-order chi connectivity index (χ0) is 12.4. The van der Waals surface area contributed by atoms with Crippen LogP contribution in [-0.2, 0) is 6.54 Å². The molecule has 3 rings (SSSR count). The molecule has 0 aromatic carbocycles. The summed E-state index contributed by atoms with van der Waals surface area (Å²) in [5.41, 5.74) is 8.12. The molecule has 1 fully saturated rings. The van der Waals surface area contributed by atoms with Gasteiger partial charge in [0.15, 0.2) is 0 Å². The Balaban J connectivity index is 1.76. The lowest BCUT2D eigenvalue weighted by atomic mass is 9.98. The maximum Gasteiger partial charge on any atom is 0.137 e. The van der Waals surface area contributed by atoms with E-state index >= 15 is 0 Å². The SMILES string of the molecule is NCC1CCCN(Cc2c[nH]c3ncccc23)C1. The van der Waals surface area contributed by atoms with Crippen LogP contribution >= 0.6 is 0 Å². The number of aromatic nitrogens is 2. The zero-order valence-electron chi connectivity index (χ0n) is 10.6. The van der Waals surface area contributed by atoms with E-state index in [0.29, 0.717) is 5.92 Å². The Morgan fingerprint density at radius 3 is 3.33 bits per heavy atom. The Kier molecular flexibility index (Phi) is 3.30. The van der Waals surface area contributed by atoms with Crippen LogP contribution in [0.15, 0.2) is 24.5 Å². The van der Waals surface area contributed by atoms with E-state index in [1.807, 2.05) is 12.3 Å². The molecule has 0 radical (unpaired) electrons. The Morgan fingerprint density at radius 1 is 1.50 bits per heavy atom. The fraction of sp³-hybridized carbons (Fsp3) is 0.500. The van der Waals surface area contributed by atoms with Crippen molar-refractivity contribution in [3.63, 3.8) is 0 Å². The summed E-state index contributed by atoms with van der Waals surface area (Å²) >= 11 is 0. The summed E-state index contributed by atoms with van der Waals surface area (Å²) in [6.45, 7) is 4.13. The van der Waals surface area contributed by atoms with E-state index in [1.165, 1.54) is 30.3 Å². The number of pyridine rings is 1. The van der Waals surface area contributed by atoms with Gasteiger partial charge in [-0.1, -0.05) is 0 Å².